The third-order valence-electron chi connectivity index (χ3n) is 11.1. The molecular formula is C42H50ClF2N11O3S. The predicted molar refractivity (Wildman–Crippen MR) is 230 cm³/mol. The Hall–Kier alpha value is -5.13. The standard InChI is InChI=1S/C22H25ClFN5O.C20H25FN6O2S/c1-2-5-15(30)8-13-6-3-4-7-19(13)28-22-18(24)12-27-21(29-22)17-11-26-20-16(17)9-14(23)10-25-20;1-2-10-30(28,29)27-17-8-4-3-7-16(17)25-20-15(21)12-24-19(26-20)14-11-23-18-13(14)6-5-9-22-18/h9-13,19H,2-8H2,1H3,(H,25,26)(H,27,28,29);5-6,9,11-12,16-17,27H,2-4,7-8,10H2,1H3,(H,22,23)(H,24,25,26)/t;16?,17-/m.1/s1. The monoisotopic (exact) mass is 861 g/mol. The molecule has 0 radical (unpaired) electrons. The number of sulfonamides is 1. The van der Waals surface area contributed by atoms with Crippen LogP contribution in [0, 0.1) is 17.6 Å². The number of anilines is 2. The minimum atomic E-state index is -3.36. The number of pyridine rings is 2. The highest BCUT2D eigenvalue weighted by Gasteiger charge is 2.31. The number of nitrogens with one attached hydrogen (secondary N) is 5. The van der Waals surface area contributed by atoms with Crippen LogP contribution in [0.5, 0.6) is 0 Å². The van der Waals surface area contributed by atoms with Gasteiger partial charge in [-0.1, -0.05) is 51.1 Å². The number of halogens is 3. The highest BCUT2D eigenvalue weighted by atomic mass is 35.5. The first kappa shape index (κ1) is 43.0. The number of hydrogen-bond donors (Lipinski definition) is 5. The van der Waals surface area contributed by atoms with E-state index in [2.05, 4.69) is 55.2 Å². The number of carbonyl (C=O) groups is 1. The molecule has 4 atom stereocenters. The SMILES string of the molecule is CCCC(=O)CC1CCCCC1Nc1nc(-c2c[nH]c3ncc(Cl)cc23)ncc1F.CCCS(=O)(=O)N[C@@H]1CCCCC1Nc1nc(-c2c[nH]c3ncccc23)ncc1F. The topological polar surface area (TPSA) is 196 Å². The average molecular weight is 862 g/mol. The molecule has 6 aromatic heterocycles. The zero-order valence-electron chi connectivity index (χ0n) is 33.6. The Balaban J connectivity index is 0.000000181. The summed E-state index contributed by atoms with van der Waals surface area (Å²) in [5.41, 5.74) is 2.80. The lowest BCUT2D eigenvalue weighted by Gasteiger charge is -2.33. The second-order valence-corrected chi connectivity index (χ2v) is 17.8. The Morgan fingerprint density at radius 3 is 2.05 bits per heavy atom. The van der Waals surface area contributed by atoms with Crippen molar-refractivity contribution in [1.29, 1.82) is 0 Å². The molecule has 2 saturated carbocycles. The van der Waals surface area contributed by atoms with Gasteiger partial charge < -0.3 is 20.6 Å². The van der Waals surface area contributed by atoms with Crippen molar-refractivity contribution in [2.75, 3.05) is 16.4 Å². The van der Waals surface area contributed by atoms with E-state index < -0.39 is 21.7 Å². The maximum atomic E-state index is 14.6. The molecule has 0 aromatic carbocycles. The van der Waals surface area contributed by atoms with Crippen LogP contribution in [0.25, 0.3) is 44.8 Å². The van der Waals surface area contributed by atoms with Crippen LogP contribution in [0.4, 0.5) is 20.4 Å². The zero-order chi connectivity index (χ0) is 42.2. The van der Waals surface area contributed by atoms with Gasteiger partial charge in [-0.05, 0) is 62.6 Å². The number of rotatable bonds is 14. The van der Waals surface area contributed by atoms with E-state index in [-0.39, 0.29) is 47.2 Å². The van der Waals surface area contributed by atoms with Crippen LogP contribution >= 0.6 is 11.6 Å². The molecule has 5 N–H and O–H groups in total. The van der Waals surface area contributed by atoms with Crippen molar-refractivity contribution in [3.05, 3.63) is 72.0 Å². The Labute approximate surface area is 352 Å². The van der Waals surface area contributed by atoms with Gasteiger partial charge in [0.05, 0.1) is 23.2 Å². The van der Waals surface area contributed by atoms with Crippen LogP contribution in [0.2, 0.25) is 5.02 Å². The number of carbonyl (C=O) groups excluding carboxylic acids is 1. The van der Waals surface area contributed by atoms with E-state index in [1.54, 1.807) is 30.9 Å². The molecule has 0 amide bonds. The summed E-state index contributed by atoms with van der Waals surface area (Å²) in [4.78, 5) is 44.0. The quantitative estimate of drug-likeness (QED) is 0.0702. The Morgan fingerprint density at radius 1 is 0.783 bits per heavy atom. The summed E-state index contributed by atoms with van der Waals surface area (Å²) >= 11 is 6.08. The van der Waals surface area contributed by atoms with Gasteiger partial charge in [-0.15, -0.1) is 0 Å². The maximum absolute atomic E-state index is 14.6. The summed E-state index contributed by atoms with van der Waals surface area (Å²) < 4.78 is 56.4. The summed E-state index contributed by atoms with van der Waals surface area (Å²) in [7, 11) is -3.36. The van der Waals surface area contributed by atoms with Gasteiger partial charge in [0.15, 0.2) is 34.9 Å². The van der Waals surface area contributed by atoms with E-state index >= 15 is 0 Å². The van der Waals surface area contributed by atoms with Crippen molar-refractivity contribution in [3.63, 3.8) is 0 Å². The third kappa shape index (κ3) is 10.4. The van der Waals surface area contributed by atoms with Crippen molar-refractivity contribution < 1.29 is 22.0 Å². The summed E-state index contributed by atoms with van der Waals surface area (Å²) in [6.07, 6.45) is 18.9. The van der Waals surface area contributed by atoms with Gasteiger partial charge >= 0.3 is 0 Å². The molecule has 60 heavy (non-hydrogen) atoms. The van der Waals surface area contributed by atoms with Crippen molar-refractivity contribution in [1.82, 2.24) is 44.6 Å². The van der Waals surface area contributed by atoms with Gasteiger partial charge in [0.2, 0.25) is 10.0 Å². The Kier molecular flexibility index (Phi) is 14.0. The number of fused-ring (bicyclic) bond motifs is 2. The fraction of sp³-hybridized carbons (Fsp3) is 0.452. The lowest BCUT2D eigenvalue weighted by atomic mass is 9.81. The largest absolute Gasteiger partial charge is 0.364 e. The van der Waals surface area contributed by atoms with Gasteiger partial charge in [0, 0.05) is 77.7 Å². The van der Waals surface area contributed by atoms with Gasteiger partial charge in [-0.2, -0.15) is 0 Å². The summed E-state index contributed by atoms with van der Waals surface area (Å²) in [6.45, 7) is 3.84. The van der Waals surface area contributed by atoms with Crippen molar-refractivity contribution in [3.8, 4) is 22.8 Å². The van der Waals surface area contributed by atoms with Gasteiger partial charge in [-0.3, -0.25) is 4.79 Å². The molecule has 2 aliphatic carbocycles. The molecule has 14 nitrogen and oxygen atoms in total. The lowest BCUT2D eigenvalue weighted by Crippen LogP contribution is -2.49. The van der Waals surface area contributed by atoms with Crippen LogP contribution in [0.1, 0.15) is 90.9 Å². The van der Waals surface area contributed by atoms with Crippen LogP contribution in [0.3, 0.4) is 0 Å². The second kappa shape index (κ2) is 19.5. The molecule has 8 rings (SSSR count). The maximum Gasteiger partial charge on any atom is 0.211 e. The van der Waals surface area contributed by atoms with E-state index in [4.69, 9.17) is 11.6 Å². The third-order valence-corrected chi connectivity index (χ3v) is 12.9. The normalized spacial score (nSPS) is 19.5. The summed E-state index contributed by atoms with van der Waals surface area (Å²) in [5, 5.41) is 8.54. The smallest absolute Gasteiger partial charge is 0.211 e. The molecule has 6 aromatic rings. The summed E-state index contributed by atoms with van der Waals surface area (Å²) in [6, 6.07) is 4.98. The second-order valence-electron chi connectivity index (χ2n) is 15.5. The van der Waals surface area contributed by atoms with Crippen LogP contribution < -0.4 is 15.4 Å². The van der Waals surface area contributed by atoms with Gasteiger partial charge in [0.1, 0.15) is 17.1 Å². The molecule has 0 aliphatic heterocycles. The van der Waals surface area contributed by atoms with Crippen molar-refractivity contribution in [2.45, 2.75) is 109 Å². The Bertz CT molecular complexity index is 2540. The molecule has 0 bridgehead atoms. The molecule has 318 valence electrons. The number of nitrogens with zero attached hydrogens (tertiary/aromatic N) is 6. The lowest BCUT2D eigenvalue weighted by molar-refractivity contribution is -0.120. The molecule has 0 spiro atoms. The highest BCUT2D eigenvalue weighted by molar-refractivity contribution is 7.89. The van der Waals surface area contributed by atoms with Crippen LogP contribution in [-0.2, 0) is 14.8 Å². The fourth-order valence-electron chi connectivity index (χ4n) is 8.17. The minimum Gasteiger partial charge on any atom is -0.364 e. The van der Waals surface area contributed by atoms with E-state index in [0.29, 0.717) is 59.2 Å². The molecule has 6 heterocycles. The zero-order valence-corrected chi connectivity index (χ0v) is 35.2. The number of aromatic nitrogens is 8. The van der Waals surface area contributed by atoms with E-state index in [1.807, 2.05) is 26.0 Å². The van der Waals surface area contributed by atoms with Crippen molar-refractivity contribution >= 4 is 61.1 Å². The molecule has 2 fully saturated rings. The van der Waals surface area contributed by atoms with Crippen LogP contribution in [0.15, 0.2) is 55.4 Å². The van der Waals surface area contributed by atoms with E-state index in [1.165, 1.54) is 6.20 Å². The first-order chi connectivity index (χ1) is 29.0. The number of hydrogen-bond acceptors (Lipinski definition) is 11. The molecular weight excluding hydrogens is 812 g/mol. The predicted octanol–water partition coefficient (Wildman–Crippen LogP) is 8.75. The molecule has 0 saturated heterocycles. The first-order valence-electron chi connectivity index (χ1n) is 20.7. The summed E-state index contributed by atoms with van der Waals surface area (Å²) in [5.74, 6) is 0.498. The minimum absolute atomic E-state index is 0.0240. The first-order valence-corrected chi connectivity index (χ1v) is 22.7. The molecule has 18 heteroatoms. The van der Waals surface area contributed by atoms with Crippen molar-refractivity contribution in [2.24, 2.45) is 5.92 Å². The Morgan fingerprint density at radius 2 is 1.38 bits per heavy atom. The molecule has 3 unspecified atom stereocenters. The number of ketones is 1. The van der Waals surface area contributed by atoms with Gasteiger partial charge in [0.25, 0.3) is 0 Å². The average Bonchev–Trinajstić information content (AvgIpc) is 3.86. The van der Waals surface area contributed by atoms with Crippen LogP contribution in [-0.4, -0.2) is 78.0 Å². The molecule has 2 aliphatic rings. The van der Waals surface area contributed by atoms with Gasteiger partial charge in [-0.25, -0.2) is 51.8 Å². The highest BCUT2D eigenvalue weighted by Crippen LogP contribution is 2.33. The van der Waals surface area contributed by atoms with E-state index in [9.17, 15) is 22.0 Å². The van der Waals surface area contributed by atoms with E-state index in [0.717, 1.165) is 73.9 Å². The number of aromatic amines is 2. The fourth-order valence-corrected chi connectivity index (χ4v) is 9.73. The number of H-pyrrole nitrogens is 2. The number of Topliss-reactive ketones (excluding diaryl/α,β-unsaturated/α-hetero) is 1.